The van der Waals surface area contributed by atoms with Gasteiger partial charge in [-0.2, -0.15) is 0 Å². The van der Waals surface area contributed by atoms with Gasteiger partial charge in [0, 0.05) is 31.8 Å². The fraction of sp³-hybridized carbons (Fsp3) is 1.00. The number of ether oxygens (including phenoxy) is 1. The highest BCUT2D eigenvalue weighted by molar-refractivity contribution is 4.83. The molecule has 0 aromatic heterocycles. The minimum Gasteiger partial charge on any atom is -0.381 e. The molecule has 1 N–H and O–H groups in total. The number of rotatable bonds is 4. The van der Waals surface area contributed by atoms with E-state index in [0.29, 0.717) is 6.04 Å². The topological polar surface area (TPSA) is 24.5 Å². The quantitative estimate of drug-likeness (QED) is 0.786. The Morgan fingerprint density at radius 3 is 2.62 bits per heavy atom. The fourth-order valence-electron chi connectivity index (χ4n) is 2.71. The zero-order valence-electron chi connectivity index (χ0n) is 10.7. The van der Waals surface area contributed by atoms with Crippen molar-refractivity contribution < 1.29 is 4.74 Å². The number of nitrogens with zero attached hydrogens (tertiary/aromatic N) is 1. The molecule has 1 atom stereocenters. The van der Waals surface area contributed by atoms with Crippen LogP contribution in [0.1, 0.15) is 33.1 Å². The van der Waals surface area contributed by atoms with E-state index in [-0.39, 0.29) is 0 Å². The molecule has 0 aromatic rings. The maximum atomic E-state index is 5.38. The summed E-state index contributed by atoms with van der Waals surface area (Å²) in [5.41, 5.74) is 0. The molecule has 0 amide bonds. The summed E-state index contributed by atoms with van der Waals surface area (Å²) in [5.74, 6) is 0.849. The van der Waals surface area contributed by atoms with Crippen molar-refractivity contribution in [2.75, 3.05) is 32.8 Å². The number of nitrogens with one attached hydrogen (secondary N) is 1. The van der Waals surface area contributed by atoms with E-state index in [1.807, 2.05) is 0 Å². The van der Waals surface area contributed by atoms with Gasteiger partial charge in [0.15, 0.2) is 0 Å². The Morgan fingerprint density at radius 2 is 2.00 bits per heavy atom. The Hall–Kier alpha value is -0.120. The van der Waals surface area contributed by atoms with Crippen molar-refractivity contribution in [1.82, 2.24) is 10.2 Å². The molecule has 3 heteroatoms. The van der Waals surface area contributed by atoms with E-state index in [0.717, 1.165) is 25.2 Å². The van der Waals surface area contributed by atoms with Crippen LogP contribution in [0.5, 0.6) is 0 Å². The van der Waals surface area contributed by atoms with E-state index in [1.54, 1.807) is 0 Å². The maximum Gasteiger partial charge on any atom is 0.0469 e. The third-order valence-electron chi connectivity index (χ3n) is 3.99. The van der Waals surface area contributed by atoms with Crippen molar-refractivity contribution in [2.45, 2.75) is 45.2 Å². The fourth-order valence-corrected chi connectivity index (χ4v) is 2.71. The van der Waals surface area contributed by atoms with Gasteiger partial charge in [-0.05, 0) is 52.1 Å². The lowest BCUT2D eigenvalue weighted by Crippen LogP contribution is -2.38. The third-order valence-corrected chi connectivity index (χ3v) is 3.99. The van der Waals surface area contributed by atoms with Crippen molar-refractivity contribution in [3.05, 3.63) is 0 Å². The highest BCUT2D eigenvalue weighted by Gasteiger charge is 2.24. The van der Waals surface area contributed by atoms with Gasteiger partial charge in [-0.25, -0.2) is 0 Å². The average molecular weight is 226 g/mol. The second kappa shape index (κ2) is 5.99. The van der Waals surface area contributed by atoms with Crippen LogP contribution in [0, 0.1) is 5.92 Å². The van der Waals surface area contributed by atoms with E-state index in [1.165, 1.54) is 38.9 Å². The SMILES string of the molecule is CC(C)N1CCC(NCC2CCOCC2)C1. The minimum atomic E-state index is 0.704. The molecule has 2 rings (SSSR count). The van der Waals surface area contributed by atoms with Gasteiger partial charge < -0.3 is 10.1 Å². The van der Waals surface area contributed by atoms with E-state index in [9.17, 15) is 0 Å². The second-order valence-electron chi connectivity index (χ2n) is 5.54. The largest absolute Gasteiger partial charge is 0.381 e. The lowest BCUT2D eigenvalue weighted by atomic mass is 10.00. The molecule has 16 heavy (non-hydrogen) atoms. The van der Waals surface area contributed by atoms with Crippen molar-refractivity contribution >= 4 is 0 Å². The summed E-state index contributed by atoms with van der Waals surface area (Å²) >= 11 is 0. The average Bonchev–Trinajstić information content (AvgIpc) is 2.76. The van der Waals surface area contributed by atoms with Gasteiger partial charge in [0.25, 0.3) is 0 Å². The van der Waals surface area contributed by atoms with Gasteiger partial charge in [-0.1, -0.05) is 0 Å². The summed E-state index contributed by atoms with van der Waals surface area (Å²) in [7, 11) is 0. The van der Waals surface area contributed by atoms with Gasteiger partial charge in [-0.15, -0.1) is 0 Å². The molecule has 2 aliphatic heterocycles. The van der Waals surface area contributed by atoms with Crippen LogP contribution in [0.25, 0.3) is 0 Å². The Kier molecular flexibility index (Phi) is 4.62. The van der Waals surface area contributed by atoms with Gasteiger partial charge >= 0.3 is 0 Å². The molecule has 2 heterocycles. The monoisotopic (exact) mass is 226 g/mol. The molecule has 0 spiro atoms. The maximum absolute atomic E-state index is 5.38. The molecule has 0 aliphatic carbocycles. The summed E-state index contributed by atoms with van der Waals surface area (Å²) in [4.78, 5) is 2.57. The van der Waals surface area contributed by atoms with Gasteiger partial charge in [-0.3, -0.25) is 4.90 Å². The normalized spacial score (nSPS) is 29.1. The van der Waals surface area contributed by atoms with Crippen LogP contribution in [0.15, 0.2) is 0 Å². The van der Waals surface area contributed by atoms with Crippen molar-refractivity contribution in [1.29, 1.82) is 0 Å². The number of likely N-dealkylation sites (tertiary alicyclic amines) is 1. The molecule has 1 unspecified atom stereocenters. The van der Waals surface area contributed by atoms with Crippen LogP contribution in [0.2, 0.25) is 0 Å². The minimum absolute atomic E-state index is 0.704. The van der Waals surface area contributed by atoms with Gasteiger partial charge in [0.1, 0.15) is 0 Å². The highest BCUT2D eigenvalue weighted by Crippen LogP contribution is 2.16. The summed E-state index contributed by atoms with van der Waals surface area (Å²) < 4.78 is 5.38. The smallest absolute Gasteiger partial charge is 0.0469 e. The molecule has 2 aliphatic rings. The summed E-state index contributed by atoms with van der Waals surface area (Å²) in [5, 5.41) is 3.74. The highest BCUT2D eigenvalue weighted by atomic mass is 16.5. The first-order valence-corrected chi connectivity index (χ1v) is 6.81. The molecule has 94 valence electrons. The third kappa shape index (κ3) is 3.44. The summed E-state index contributed by atoms with van der Waals surface area (Å²) in [6, 6.07) is 1.43. The van der Waals surface area contributed by atoms with E-state index in [2.05, 4.69) is 24.1 Å². The zero-order chi connectivity index (χ0) is 11.4. The van der Waals surface area contributed by atoms with Crippen molar-refractivity contribution in [3.8, 4) is 0 Å². The van der Waals surface area contributed by atoms with Crippen LogP contribution in [0.4, 0.5) is 0 Å². The standard InChI is InChI=1S/C13H26N2O/c1-11(2)15-6-3-13(10-15)14-9-12-4-7-16-8-5-12/h11-14H,3-10H2,1-2H3. The van der Waals surface area contributed by atoms with Crippen LogP contribution >= 0.6 is 0 Å². The molecular weight excluding hydrogens is 200 g/mol. The summed E-state index contributed by atoms with van der Waals surface area (Å²) in [6.07, 6.45) is 3.81. The number of hydrogen-bond acceptors (Lipinski definition) is 3. The van der Waals surface area contributed by atoms with Crippen LogP contribution < -0.4 is 5.32 Å². The lowest BCUT2D eigenvalue weighted by molar-refractivity contribution is 0.0655. The van der Waals surface area contributed by atoms with E-state index in [4.69, 9.17) is 4.74 Å². The van der Waals surface area contributed by atoms with Crippen LogP contribution in [-0.2, 0) is 4.74 Å². The Balaban J connectivity index is 1.63. The Bertz CT molecular complexity index is 202. The second-order valence-corrected chi connectivity index (χ2v) is 5.54. The first kappa shape index (κ1) is 12.3. The first-order valence-electron chi connectivity index (χ1n) is 6.81. The molecule has 2 fully saturated rings. The zero-order valence-corrected chi connectivity index (χ0v) is 10.7. The van der Waals surface area contributed by atoms with Gasteiger partial charge in [0.05, 0.1) is 0 Å². The number of hydrogen-bond donors (Lipinski definition) is 1. The van der Waals surface area contributed by atoms with Crippen LogP contribution in [-0.4, -0.2) is 49.8 Å². The van der Waals surface area contributed by atoms with Crippen LogP contribution in [0.3, 0.4) is 0 Å². The Morgan fingerprint density at radius 1 is 1.25 bits per heavy atom. The molecule has 0 saturated carbocycles. The van der Waals surface area contributed by atoms with Crippen molar-refractivity contribution in [2.24, 2.45) is 5.92 Å². The van der Waals surface area contributed by atoms with E-state index < -0.39 is 0 Å². The Labute approximate surface area is 99.5 Å². The molecule has 3 nitrogen and oxygen atoms in total. The predicted molar refractivity (Wildman–Crippen MR) is 66.7 cm³/mol. The van der Waals surface area contributed by atoms with Gasteiger partial charge in [0.2, 0.25) is 0 Å². The van der Waals surface area contributed by atoms with Crippen molar-refractivity contribution in [3.63, 3.8) is 0 Å². The first-order chi connectivity index (χ1) is 7.75. The molecule has 0 radical (unpaired) electrons. The summed E-state index contributed by atoms with van der Waals surface area (Å²) in [6.45, 7) is 10.2. The molecular formula is C13H26N2O. The molecule has 0 bridgehead atoms. The molecule has 0 aromatic carbocycles. The van der Waals surface area contributed by atoms with E-state index >= 15 is 0 Å². The predicted octanol–water partition coefficient (Wildman–Crippen LogP) is 1.49. The molecule has 2 saturated heterocycles. The lowest BCUT2D eigenvalue weighted by Gasteiger charge is -2.25.